The van der Waals surface area contributed by atoms with Gasteiger partial charge in [0.15, 0.2) is 6.61 Å². The summed E-state index contributed by atoms with van der Waals surface area (Å²) in [5.41, 5.74) is -0.301. The van der Waals surface area contributed by atoms with Crippen LogP contribution in [0.5, 0.6) is 6.01 Å². The van der Waals surface area contributed by atoms with E-state index >= 15 is 0 Å². The van der Waals surface area contributed by atoms with Crippen molar-refractivity contribution in [2.75, 3.05) is 23.8 Å². The zero-order valence-electron chi connectivity index (χ0n) is 24.0. The summed E-state index contributed by atoms with van der Waals surface area (Å²) >= 11 is 6.00. The SMILES string of the molecule is C=CS(=O)(=O)NC(=O)C(C)(C)CNC(=O)c1ccc(Nc2nc(NC3(c4ccc(Cl)cc4)CC3)nc(OCC(F)(F)F)n2)cc1. The Morgan fingerprint density at radius 1 is 1.02 bits per heavy atom. The molecule has 0 saturated heterocycles. The molecule has 1 aromatic heterocycles. The standard InChI is InChI=1S/C28H29ClF3N7O5S/c1-4-45(42,43)39-22(41)26(2,3)15-33-21(40)17-5-11-20(12-6-17)34-23-35-24(37-25(36-23)44-16-28(30,31)32)38-27(13-14-27)18-7-9-19(29)10-8-18/h4-12H,1,13-16H2,2-3H3,(H,33,40)(H,39,41)(H2,34,35,36,37,38). The monoisotopic (exact) mass is 667 g/mol. The summed E-state index contributed by atoms with van der Waals surface area (Å²) in [6, 6.07) is 12.5. The number of aromatic nitrogens is 3. The highest BCUT2D eigenvalue weighted by atomic mass is 35.5. The van der Waals surface area contributed by atoms with Gasteiger partial charge in [-0.15, -0.1) is 0 Å². The first-order valence-electron chi connectivity index (χ1n) is 13.3. The van der Waals surface area contributed by atoms with Gasteiger partial charge in [0.1, 0.15) is 0 Å². The third kappa shape index (κ3) is 9.28. The van der Waals surface area contributed by atoms with Gasteiger partial charge in [0.25, 0.3) is 15.9 Å². The van der Waals surface area contributed by atoms with Crippen LogP contribution in [0, 0.1) is 5.41 Å². The van der Waals surface area contributed by atoms with Crippen LogP contribution >= 0.6 is 11.6 Å². The molecule has 1 aliphatic rings. The van der Waals surface area contributed by atoms with Crippen molar-refractivity contribution in [3.05, 3.63) is 76.7 Å². The largest absolute Gasteiger partial charge is 0.454 e. The Morgan fingerprint density at radius 2 is 1.64 bits per heavy atom. The number of amides is 2. The molecule has 1 aliphatic carbocycles. The number of alkyl halides is 3. The molecule has 1 heterocycles. The van der Waals surface area contributed by atoms with Crippen molar-refractivity contribution < 1.29 is 35.9 Å². The van der Waals surface area contributed by atoms with E-state index in [0.717, 1.165) is 18.4 Å². The smallest absolute Gasteiger partial charge is 0.422 e. The molecule has 4 rings (SSSR count). The highest BCUT2D eigenvalue weighted by molar-refractivity contribution is 7.92. The second-order valence-corrected chi connectivity index (χ2v) is 12.9. The van der Waals surface area contributed by atoms with Crippen molar-refractivity contribution in [2.45, 2.75) is 38.4 Å². The van der Waals surface area contributed by atoms with Crippen LogP contribution < -0.4 is 25.4 Å². The van der Waals surface area contributed by atoms with Gasteiger partial charge >= 0.3 is 12.2 Å². The molecule has 0 spiro atoms. The Morgan fingerprint density at radius 3 is 2.22 bits per heavy atom. The second-order valence-electron chi connectivity index (χ2n) is 10.8. The van der Waals surface area contributed by atoms with Crippen LogP contribution in [-0.2, 0) is 20.4 Å². The number of halogens is 4. The number of ether oxygens (including phenoxy) is 1. The Hall–Kier alpha value is -4.44. The molecule has 0 aliphatic heterocycles. The number of carbonyl (C=O) groups excluding carboxylic acids is 2. The molecule has 45 heavy (non-hydrogen) atoms. The molecule has 17 heteroatoms. The van der Waals surface area contributed by atoms with Crippen LogP contribution in [0.25, 0.3) is 0 Å². The first-order chi connectivity index (χ1) is 21.0. The Balaban J connectivity index is 1.46. The van der Waals surface area contributed by atoms with Crippen LogP contribution in [-0.4, -0.2) is 54.5 Å². The number of anilines is 3. The average molecular weight is 668 g/mol. The van der Waals surface area contributed by atoms with Gasteiger partial charge in [0.05, 0.1) is 11.0 Å². The van der Waals surface area contributed by atoms with E-state index in [1.54, 1.807) is 12.1 Å². The topological polar surface area (TPSA) is 164 Å². The fourth-order valence-electron chi connectivity index (χ4n) is 3.90. The summed E-state index contributed by atoms with van der Waals surface area (Å²) in [5, 5.41) is 9.78. The number of rotatable bonds is 13. The Labute approximate surface area is 261 Å². The fourth-order valence-corrected chi connectivity index (χ4v) is 4.64. The summed E-state index contributed by atoms with van der Waals surface area (Å²) in [7, 11) is -3.99. The van der Waals surface area contributed by atoms with Gasteiger partial charge in [-0.2, -0.15) is 28.1 Å². The number of benzene rings is 2. The van der Waals surface area contributed by atoms with Crippen LogP contribution in [0.2, 0.25) is 5.02 Å². The number of nitrogens with zero attached hydrogens (tertiary/aromatic N) is 3. The highest BCUT2D eigenvalue weighted by Crippen LogP contribution is 2.48. The molecule has 0 radical (unpaired) electrons. The fraction of sp³-hybridized carbons (Fsp3) is 0.321. The molecule has 12 nitrogen and oxygen atoms in total. The number of sulfonamides is 1. The van der Waals surface area contributed by atoms with Crippen molar-refractivity contribution in [1.29, 1.82) is 0 Å². The molecule has 2 aromatic carbocycles. The van der Waals surface area contributed by atoms with E-state index in [-0.39, 0.29) is 24.0 Å². The van der Waals surface area contributed by atoms with Gasteiger partial charge in [0, 0.05) is 28.2 Å². The van der Waals surface area contributed by atoms with E-state index in [9.17, 15) is 31.2 Å². The second kappa shape index (κ2) is 12.9. The minimum atomic E-state index is -4.62. The van der Waals surface area contributed by atoms with Crippen LogP contribution in [0.3, 0.4) is 0 Å². The zero-order chi connectivity index (χ0) is 33.0. The van der Waals surface area contributed by atoms with E-state index in [1.807, 2.05) is 16.9 Å². The van der Waals surface area contributed by atoms with E-state index in [2.05, 4.69) is 37.5 Å². The first-order valence-corrected chi connectivity index (χ1v) is 15.3. The van der Waals surface area contributed by atoms with Crippen molar-refractivity contribution in [2.24, 2.45) is 5.41 Å². The van der Waals surface area contributed by atoms with Crippen molar-refractivity contribution in [3.63, 3.8) is 0 Å². The Bertz CT molecular complexity index is 1680. The predicted octanol–water partition coefficient (Wildman–Crippen LogP) is 4.66. The van der Waals surface area contributed by atoms with E-state index in [4.69, 9.17) is 16.3 Å². The summed E-state index contributed by atoms with van der Waals surface area (Å²) in [4.78, 5) is 37.3. The molecule has 4 N–H and O–H groups in total. The maximum Gasteiger partial charge on any atom is 0.422 e. The van der Waals surface area contributed by atoms with Gasteiger partial charge in [-0.25, -0.2) is 13.1 Å². The molecule has 0 bridgehead atoms. The molecule has 0 atom stereocenters. The summed E-state index contributed by atoms with van der Waals surface area (Å²) < 4.78 is 68.4. The third-order valence-corrected chi connectivity index (χ3v) is 7.80. The quantitative estimate of drug-likeness (QED) is 0.202. The molecule has 0 unspecified atom stereocenters. The lowest BCUT2D eigenvalue weighted by molar-refractivity contribution is -0.154. The normalized spacial score (nSPS) is 14.2. The minimum absolute atomic E-state index is 0.0133. The lowest BCUT2D eigenvalue weighted by atomic mass is 9.92. The number of hydrogen-bond acceptors (Lipinski definition) is 10. The molecular formula is C28H29ClF3N7O5S. The average Bonchev–Trinajstić information content (AvgIpc) is 3.75. The summed E-state index contributed by atoms with van der Waals surface area (Å²) in [6.45, 7) is 4.26. The predicted molar refractivity (Wildman–Crippen MR) is 160 cm³/mol. The lowest BCUT2D eigenvalue weighted by Crippen LogP contribution is -2.46. The maximum absolute atomic E-state index is 12.8. The van der Waals surface area contributed by atoms with Crippen molar-refractivity contribution in [1.82, 2.24) is 25.0 Å². The Kier molecular flexibility index (Phi) is 9.58. The molecule has 2 amide bonds. The van der Waals surface area contributed by atoms with Gasteiger partial charge in [0.2, 0.25) is 17.8 Å². The van der Waals surface area contributed by atoms with Crippen LogP contribution in [0.15, 0.2) is 60.5 Å². The van der Waals surface area contributed by atoms with Gasteiger partial charge in [-0.1, -0.05) is 30.3 Å². The number of hydrogen-bond donors (Lipinski definition) is 4. The number of nitrogens with one attached hydrogen (secondary N) is 4. The number of carbonyl (C=O) groups is 2. The van der Waals surface area contributed by atoms with Gasteiger partial charge in [-0.3, -0.25) is 9.59 Å². The molecule has 240 valence electrons. The molecular weight excluding hydrogens is 639 g/mol. The first kappa shape index (κ1) is 33.5. The highest BCUT2D eigenvalue weighted by Gasteiger charge is 2.45. The molecule has 1 fully saturated rings. The maximum atomic E-state index is 12.8. The van der Waals surface area contributed by atoms with Crippen LogP contribution in [0.1, 0.15) is 42.6 Å². The minimum Gasteiger partial charge on any atom is -0.454 e. The molecule has 3 aromatic rings. The van der Waals surface area contributed by atoms with Gasteiger partial charge in [-0.05, 0) is 68.7 Å². The van der Waals surface area contributed by atoms with Crippen LogP contribution in [0.4, 0.5) is 30.8 Å². The lowest BCUT2D eigenvalue weighted by Gasteiger charge is -2.23. The van der Waals surface area contributed by atoms with Crippen molar-refractivity contribution in [3.8, 4) is 6.01 Å². The van der Waals surface area contributed by atoms with E-state index in [1.165, 1.54) is 38.1 Å². The zero-order valence-corrected chi connectivity index (χ0v) is 25.6. The van der Waals surface area contributed by atoms with Crippen molar-refractivity contribution >= 4 is 51.0 Å². The molecule has 1 saturated carbocycles. The summed E-state index contributed by atoms with van der Waals surface area (Å²) in [5.74, 6) is -1.50. The van der Waals surface area contributed by atoms with E-state index in [0.29, 0.717) is 16.1 Å². The summed E-state index contributed by atoms with van der Waals surface area (Å²) in [6.07, 6.45) is -3.17. The third-order valence-electron chi connectivity index (χ3n) is 6.64. The van der Waals surface area contributed by atoms with Gasteiger partial charge < -0.3 is 20.7 Å². The van der Waals surface area contributed by atoms with E-state index < -0.39 is 51.6 Å².